The number of carboxylic acid groups (broad SMARTS) is 1. The Balaban J connectivity index is 2.52. The molecule has 2 nitrogen and oxygen atoms in total. The van der Waals surface area contributed by atoms with Gasteiger partial charge in [-0.1, -0.05) is 35.9 Å². The van der Waals surface area contributed by atoms with E-state index in [1.807, 2.05) is 31.2 Å². The van der Waals surface area contributed by atoms with Gasteiger partial charge in [-0.15, -0.1) is 0 Å². The highest BCUT2D eigenvalue weighted by molar-refractivity contribution is 5.90. The zero-order valence-corrected chi connectivity index (χ0v) is 11.4. The molecule has 0 unspecified atom stereocenters. The number of aliphatic carboxylic acids is 1. The van der Waals surface area contributed by atoms with Gasteiger partial charge in [0.05, 0.1) is 0 Å². The summed E-state index contributed by atoms with van der Waals surface area (Å²) in [4.78, 5) is 10.7. The number of halogens is 1. The van der Waals surface area contributed by atoms with Crippen LogP contribution in [0.15, 0.2) is 48.5 Å². The summed E-state index contributed by atoms with van der Waals surface area (Å²) in [6.07, 6.45) is 1.12. The zero-order valence-electron chi connectivity index (χ0n) is 11.4. The van der Waals surface area contributed by atoms with Crippen LogP contribution in [0.5, 0.6) is 0 Å². The van der Waals surface area contributed by atoms with E-state index in [1.165, 1.54) is 6.07 Å². The Morgan fingerprint density at radius 3 is 2.60 bits per heavy atom. The Hall–Kier alpha value is -2.42. The zero-order chi connectivity index (χ0) is 14.7. The molecular weight excluding hydrogens is 255 g/mol. The van der Waals surface area contributed by atoms with Gasteiger partial charge in [-0.05, 0) is 42.7 Å². The third kappa shape index (κ3) is 3.12. The minimum atomic E-state index is -1.01. The van der Waals surface area contributed by atoms with Crippen molar-refractivity contribution < 1.29 is 14.3 Å². The Labute approximate surface area is 117 Å². The topological polar surface area (TPSA) is 37.3 Å². The Kier molecular flexibility index (Phi) is 3.99. The predicted octanol–water partition coefficient (Wildman–Crippen LogP) is 4.29. The summed E-state index contributed by atoms with van der Waals surface area (Å²) in [6, 6.07) is 12.2. The second-order valence-corrected chi connectivity index (χ2v) is 4.73. The lowest BCUT2D eigenvalue weighted by Crippen LogP contribution is -1.92. The average molecular weight is 270 g/mol. The summed E-state index contributed by atoms with van der Waals surface area (Å²) in [5.41, 5.74) is 3.60. The van der Waals surface area contributed by atoms with E-state index in [1.54, 1.807) is 19.1 Å². The largest absolute Gasteiger partial charge is 0.478 e. The summed E-state index contributed by atoms with van der Waals surface area (Å²) in [7, 11) is 0. The third-order valence-corrected chi connectivity index (χ3v) is 3.09. The summed E-state index contributed by atoms with van der Waals surface area (Å²) in [6.45, 7) is 3.64. The molecule has 0 aliphatic rings. The van der Waals surface area contributed by atoms with E-state index in [0.717, 1.165) is 17.2 Å². The highest BCUT2D eigenvalue weighted by Crippen LogP contribution is 2.27. The van der Waals surface area contributed by atoms with Crippen molar-refractivity contribution in [2.75, 3.05) is 0 Å². The van der Waals surface area contributed by atoms with Crippen LogP contribution in [0, 0.1) is 12.7 Å². The molecule has 2 aromatic carbocycles. The van der Waals surface area contributed by atoms with Crippen molar-refractivity contribution in [3.8, 4) is 11.1 Å². The van der Waals surface area contributed by atoms with Crippen LogP contribution >= 0.6 is 0 Å². The second kappa shape index (κ2) is 5.70. The molecule has 0 radical (unpaired) electrons. The number of carboxylic acids is 1. The lowest BCUT2D eigenvalue weighted by molar-refractivity contribution is -0.131. The first kappa shape index (κ1) is 14.0. The number of aryl methyl sites for hydroxylation is 1. The highest BCUT2D eigenvalue weighted by atomic mass is 19.1. The quantitative estimate of drug-likeness (QED) is 0.845. The van der Waals surface area contributed by atoms with Crippen LogP contribution in [-0.2, 0) is 4.79 Å². The van der Waals surface area contributed by atoms with Gasteiger partial charge in [0.2, 0.25) is 0 Å². The first-order valence-corrected chi connectivity index (χ1v) is 6.25. The standard InChI is InChI=1S/C17H15FO2/c1-11-4-3-5-14(8-11)15-10-13(6-7-16(15)18)12(2)9-17(19)20/h3-10H,1-2H3,(H,19,20)/b12-9+. The maximum absolute atomic E-state index is 14.0. The lowest BCUT2D eigenvalue weighted by atomic mass is 9.98. The molecular formula is C17H15FO2. The van der Waals surface area contributed by atoms with Crippen molar-refractivity contribution in [1.29, 1.82) is 0 Å². The average Bonchev–Trinajstić information content (AvgIpc) is 2.38. The van der Waals surface area contributed by atoms with Gasteiger partial charge in [-0.3, -0.25) is 0 Å². The van der Waals surface area contributed by atoms with Crippen molar-refractivity contribution in [2.45, 2.75) is 13.8 Å². The molecule has 0 saturated heterocycles. The normalized spacial score (nSPS) is 11.4. The van der Waals surface area contributed by atoms with Gasteiger partial charge in [-0.25, -0.2) is 9.18 Å². The number of rotatable bonds is 3. The van der Waals surface area contributed by atoms with E-state index in [-0.39, 0.29) is 5.82 Å². The van der Waals surface area contributed by atoms with Gasteiger partial charge in [0.1, 0.15) is 5.82 Å². The summed E-state index contributed by atoms with van der Waals surface area (Å²) >= 11 is 0. The fourth-order valence-corrected chi connectivity index (χ4v) is 2.07. The molecule has 102 valence electrons. The molecule has 0 aromatic heterocycles. The van der Waals surface area contributed by atoms with Crippen LogP contribution in [0.25, 0.3) is 16.7 Å². The molecule has 3 heteroatoms. The van der Waals surface area contributed by atoms with Crippen LogP contribution in [0.3, 0.4) is 0 Å². The molecule has 0 aliphatic carbocycles. The number of benzene rings is 2. The van der Waals surface area contributed by atoms with Crippen molar-refractivity contribution in [3.05, 3.63) is 65.5 Å². The van der Waals surface area contributed by atoms with E-state index >= 15 is 0 Å². The summed E-state index contributed by atoms with van der Waals surface area (Å²) in [5, 5.41) is 8.77. The van der Waals surface area contributed by atoms with Crippen molar-refractivity contribution >= 4 is 11.5 Å². The molecule has 2 rings (SSSR count). The first-order valence-electron chi connectivity index (χ1n) is 6.25. The van der Waals surface area contributed by atoms with Gasteiger partial charge in [0.15, 0.2) is 0 Å². The molecule has 0 atom stereocenters. The van der Waals surface area contributed by atoms with E-state index in [9.17, 15) is 9.18 Å². The van der Waals surface area contributed by atoms with E-state index in [0.29, 0.717) is 16.7 Å². The molecule has 0 aliphatic heterocycles. The Bertz CT molecular complexity index is 687. The summed E-state index contributed by atoms with van der Waals surface area (Å²) in [5.74, 6) is -1.33. The van der Waals surface area contributed by atoms with Gasteiger partial charge in [0, 0.05) is 11.6 Å². The number of hydrogen-bond acceptors (Lipinski definition) is 1. The fourth-order valence-electron chi connectivity index (χ4n) is 2.07. The molecule has 2 aromatic rings. The van der Waals surface area contributed by atoms with Crippen LogP contribution < -0.4 is 0 Å². The Morgan fingerprint density at radius 1 is 1.20 bits per heavy atom. The number of allylic oxidation sites excluding steroid dienone is 1. The molecule has 0 fully saturated rings. The van der Waals surface area contributed by atoms with Gasteiger partial charge < -0.3 is 5.11 Å². The molecule has 0 spiro atoms. The highest BCUT2D eigenvalue weighted by Gasteiger charge is 2.08. The molecule has 0 heterocycles. The smallest absolute Gasteiger partial charge is 0.328 e. The minimum absolute atomic E-state index is 0.317. The molecule has 0 saturated carbocycles. The van der Waals surface area contributed by atoms with Crippen molar-refractivity contribution in [2.24, 2.45) is 0 Å². The van der Waals surface area contributed by atoms with Crippen LogP contribution in [0.4, 0.5) is 4.39 Å². The van der Waals surface area contributed by atoms with Crippen LogP contribution in [0.2, 0.25) is 0 Å². The maximum Gasteiger partial charge on any atom is 0.328 e. The third-order valence-electron chi connectivity index (χ3n) is 3.09. The van der Waals surface area contributed by atoms with Crippen LogP contribution in [0.1, 0.15) is 18.1 Å². The second-order valence-electron chi connectivity index (χ2n) is 4.73. The predicted molar refractivity (Wildman–Crippen MR) is 77.9 cm³/mol. The van der Waals surface area contributed by atoms with E-state index in [4.69, 9.17) is 5.11 Å². The minimum Gasteiger partial charge on any atom is -0.478 e. The molecule has 20 heavy (non-hydrogen) atoms. The number of carbonyl (C=O) groups is 1. The molecule has 1 N–H and O–H groups in total. The van der Waals surface area contributed by atoms with Gasteiger partial charge in [0.25, 0.3) is 0 Å². The summed E-state index contributed by atoms with van der Waals surface area (Å²) < 4.78 is 14.0. The number of hydrogen-bond donors (Lipinski definition) is 1. The first-order chi connectivity index (χ1) is 9.47. The molecule has 0 amide bonds. The van der Waals surface area contributed by atoms with Crippen molar-refractivity contribution in [1.82, 2.24) is 0 Å². The monoisotopic (exact) mass is 270 g/mol. The molecule has 0 bridgehead atoms. The van der Waals surface area contributed by atoms with E-state index in [2.05, 4.69) is 0 Å². The maximum atomic E-state index is 14.0. The fraction of sp³-hybridized carbons (Fsp3) is 0.118. The SMILES string of the molecule is C/C(=C\C(=O)O)c1ccc(F)c(-c2cccc(C)c2)c1. The van der Waals surface area contributed by atoms with Crippen LogP contribution in [-0.4, -0.2) is 11.1 Å². The van der Waals surface area contributed by atoms with Gasteiger partial charge >= 0.3 is 5.97 Å². The van der Waals surface area contributed by atoms with E-state index < -0.39 is 5.97 Å². The van der Waals surface area contributed by atoms with Crippen molar-refractivity contribution in [3.63, 3.8) is 0 Å². The Morgan fingerprint density at radius 2 is 1.95 bits per heavy atom. The lowest BCUT2D eigenvalue weighted by Gasteiger charge is -2.08. The van der Waals surface area contributed by atoms with Gasteiger partial charge in [-0.2, -0.15) is 0 Å².